The smallest absolute Gasteiger partial charge is 0.314 e. The highest BCUT2D eigenvalue weighted by Crippen LogP contribution is 1.84. The predicted octanol–water partition coefficient (Wildman–Crippen LogP) is 0.882. The molecule has 10 heavy (non-hydrogen) atoms. The molecule has 0 aromatic carbocycles. The van der Waals surface area contributed by atoms with E-state index < -0.39 is 0 Å². The highest BCUT2D eigenvalue weighted by atomic mass is 16.2. The lowest BCUT2D eigenvalue weighted by Crippen LogP contribution is -2.32. The number of urea groups is 1. The maximum atomic E-state index is 10.5. The molecule has 0 atom stereocenters. The fourth-order valence-corrected chi connectivity index (χ4v) is 0.436. The van der Waals surface area contributed by atoms with E-state index in [1.54, 1.807) is 7.05 Å². The number of hydrogen-bond donors (Lipinski definition) is 2. The highest BCUT2D eigenvalue weighted by molar-refractivity contribution is 5.73. The van der Waals surface area contributed by atoms with Crippen LogP contribution in [-0.4, -0.2) is 19.6 Å². The van der Waals surface area contributed by atoms with E-state index in [1.165, 1.54) is 5.57 Å². The third kappa shape index (κ3) is 5.15. The van der Waals surface area contributed by atoms with Crippen molar-refractivity contribution in [3.63, 3.8) is 0 Å². The van der Waals surface area contributed by atoms with E-state index in [4.69, 9.17) is 0 Å². The highest BCUT2D eigenvalue weighted by Gasteiger charge is 1.89. The van der Waals surface area contributed by atoms with E-state index in [1.807, 2.05) is 19.9 Å². The monoisotopic (exact) mass is 142 g/mol. The quantitative estimate of drug-likeness (QED) is 0.552. The van der Waals surface area contributed by atoms with E-state index in [9.17, 15) is 4.79 Å². The summed E-state index contributed by atoms with van der Waals surface area (Å²) < 4.78 is 0. The molecule has 2 N–H and O–H groups in total. The Balaban J connectivity index is 3.37. The van der Waals surface area contributed by atoms with Gasteiger partial charge in [0.05, 0.1) is 0 Å². The van der Waals surface area contributed by atoms with E-state index in [2.05, 4.69) is 10.6 Å². The molecule has 0 spiro atoms. The number of carbonyl (C=O) groups excluding carboxylic acids is 1. The molecule has 0 bridgehead atoms. The fraction of sp³-hybridized carbons (Fsp3) is 0.571. The van der Waals surface area contributed by atoms with Crippen LogP contribution in [0.5, 0.6) is 0 Å². The van der Waals surface area contributed by atoms with E-state index >= 15 is 0 Å². The Kier molecular flexibility index (Phi) is 4.37. The minimum Gasteiger partial charge on any atom is -0.341 e. The summed E-state index contributed by atoms with van der Waals surface area (Å²) in [4.78, 5) is 10.5. The molecule has 0 aromatic rings. The first-order chi connectivity index (χ1) is 4.66. The van der Waals surface area contributed by atoms with Crippen LogP contribution in [0.15, 0.2) is 11.6 Å². The molecule has 0 heterocycles. The molecule has 2 amide bonds. The molecule has 0 unspecified atom stereocenters. The maximum Gasteiger partial charge on any atom is 0.314 e. The van der Waals surface area contributed by atoms with Crippen LogP contribution in [0.25, 0.3) is 0 Å². The second kappa shape index (κ2) is 4.85. The third-order valence-electron chi connectivity index (χ3n) is 1.000. The van der Waals surface area contributed by atoms with Crippen LogP contribution in [0.2, 0.25) is 0 Å². The Morgan fingerprint density at radius 3 is 2.50 bits per heavy atom. The number of allylic oxidation sites excluding steroid dienone is 1. The summed E-state index contributed by atoms with van der Waals surface area (Å²) in [6, 6.07) is -0.141. The topological polar surface area (TPSA) is 41.1 Å². The normalized spacial score (nSPS) is 8.30. The third-order valence-corrected chi connectivity index (χ3v) is 1.000. The molecule has 0 aliphatic rings. The van der Waals surface area contributed by atoms with Crippen LogP contribution >= 0.6 is 0 Å². The van der Waals surface area contributed by atoms with Crippen molar-refractivity contribution in [1.82, 2.24) is 10.6 Å². The van der Waals surface area contributed by atoms with Gasteiger partial charge in [-0.2, -0.15) is 0 Å². The molecule has 0 aromatic heterocycles. The first-order valence-corrected chi connectivity index (χ1v) is 3.25. The summed E-state index contributed by atoms with van der Waals surface area (Å²) in [5, 5.41) is 5.10. The zero-order valence-corrected chi connectivity index (χ0v) is 6.69. The van der Waals surface area contributed by atoms with Crippen LogP contribution in [0, 0.1) is 0 Å². The fourth-order valence-electron chi connectivity index (χ4n) is 0.436. The first kappa shape index (κ1) is 9.01. The molecule has 0 fully saturated rings. The largest absolute Gasteiger partial charge is 0.341 e. The van der Waals surface area contributed by atoms with Gasteiger partial charge in [0.2, 0.25) is 0 Å². The average Bonchev–Trinajstić information content (AvgIpc) is 1.87. The van der Waals surface area contributed by atoms with Gasteiger partial charge in [-0.1, -0.05) is 11.6 Å². The number of rotatable bonds is 2. The zero-order chi connectivity index (χ0) is 7.98. The Labute approximate surface area is 61.5 Å². The SMILES string of the molecule is CNC(=O)NCC=C(C)C. The van der Waals surface area contributed by atoms with Gasteiger partial charge in [0.25, 0.3) is 0 Å². The summed E-state index contributed by atoms with van der Waals surface area (Å²) in [5.74, 6) is 0. The Morgan fingerprint density at radius 1 is 1.50 bits per heavy atom. The molecule has 0 aliphatic heterocycles. The summed E-state index contributed by atoms with van der Waals surface area (Å²) in [6.45, 7) is 4.58. The van der Waals surface area contributed by atoms with Crippen LogP contribution in [0.3, 0.4) is 0 Å². The Hall–Kier alpha value is -0.990. The molecule has 0 rings (SSSR count). The number of carbonyl (C=O) groups is 1. The maximum absolute atomic E-state index is 10.5. The minimum absolute atomic E-state index is 0.141. The summed E-state index contributed by atoms with van der Waals surface area (Å²) in [6.07, 6.45) is 1.95. The van der Waals surface area contributed by atoms with Gasteiger partial charge in [-0.15, -0.1) is 0 Å². The summed E-state index contributed by atoms with van der Waals surface area (Å²) in [7, 11) is 1.60. The van der Waals surface area contributed by atoms with E-state index in [0.29, 0.717) is 6.54 Å². The lowest BCUT2D eigenvalue weighted by molar-refractivity contribution is 0.244. The van der Waals surface area contributed by atoms with Crippen LogP contribution < -0.4 is 10.6 Å². The molecular weight excluding hydrogens is 128 g/mol. The lowest BCUT2D eigenvalue weighted by Gasteiger charge is -1.99. The van der Waals surface area contributed by atoms with Crippen molar-refractivity contribution >= 4 is 6.03 Å². The van der Waals surface area contributed by atoms with Crippen molar-refractivity contribution < 1.29 is 4.79 Å². The van der Waals surface area contributed by atoms with Gasteiger partial charge in [-0.25, -0.2) is 4.79 Å². The Morgan fingerprint density at radius 2 is 2.10 bits per heavy atom. The standard InChI is InChI=1S/C7H14N2O/c1-6(2)4-5-9-7(10)8-3/h4H,5H2,1-3H3,(H2,8,9,10). The van der Waals surface area contributed by atoms with Crippen molar-refractivity contribution in [1.29, 1.82) is 0 Å². The van der Waals surface area contributed by atoms with Gasteiger partial charge in [0.15, 0.2) is 0 Å². The molecule has 3 heteroatoms. The predicted molar refractivity (Wildman–Crippen MR) is 41.9 cm³/mol. The van der Waals surface area contributed by atoms with Crippen molar-refractivity contribution in [2.24, 2.45) is 0 Å². The van der Waals surface area contributed by atoms with Crippen molar-refractivity contribution in [3.8, 4) is 0 Å². The molecule has 0 aliphatic carbocycles. The minimum atomic E-state index is -0.141. The molecule has 0 saturated carbocycles. The van der Waals surface area contributed by atoms with Gasteiger partial charge in [0.1, 0.15) is 0 Å². The number of amides is 2. The second-order valence-electron chi connectivity index (χ2n) is 2.24. The van der Waals surface area contributed by atoms with E-state index in [0.717, 1.165) is 0 Å². The molecule has 58 valence electrons. The molecular formula is C7H14N2O. The zero-order valence-electron chi connectivity index (χ0n) is 6.69. The lowest BCUT2D eigenvalue weighted by atomic mass is 10.3. The van der Waals surface area contributed by atoms with Crippen LogP contribution in [-0.2, 0) is 0 Å². The van der Waals surface area contributed by atoms with Crippen molar-refractivity contribution in [2.75, 3.05) is 13.6 Å². The first-order valence-electron chi connectivity index (χ1n) is 3.25. The summed E-state index contributed by atoms with van der Waals surface area (Å²) >= 11 is 0. The average molecular weight is 142 g/mol. The van der Waals surface area contributed by atoms with Gasteiger partial charge < -0.3 is 10.6 Å². The van der Waals surface area contributed by atoms with Crippen molar-refractivity contribution in [3.05, 3.63) is 11.6 Å². The Bertz CT molecular complexity index is 137. The van der Waals surface area contributed by atoms with Gasteiger partial charge in [-0.3, -0.25) is 0 Å². The second-order valence-corrected chi connectivity index (χ2v) is 2.24. The van der Waals surface area contributed by atoms with Gasteiger partial charge in [-0.05, 0) is 13.8 Å². The van der Waals surface area contributed by atoms with E-state index in [-0.39, 0.29) is 6.03 Å². The van der Waals surface area contributed by atoms with Crippen LogP contribution in [0.1, 0.15) is 13.8 Å². The van der Waals surface area contributed by atoms with Crippen molar-refractivity contribution in [2.45, 2.75) is 13.8 Å². The molecule has 3 nitrogen and oxygen atoms in total. The molecule has 0 saturated heterocycles. The van der Waals surface area contributed by atoms with Gasteiger partial charge in [0, 0.05) is 13.6 Å². The number of nitrogens with one attached hydrogen (secondary N) is 2. The summed E-state index contributed by atoms with van der Waals surface area (Å²) in [5.41, 5.74) is 1.21. The number of hydrogen-bond acceptors (Lipinski definition) is 1. The van der Waals surface area contributed by atoms with Gasteiger partial charge >= 0.3 is 6.03 Å². The van der Waals surface area contributed by atoms with Crippen LogP contribution in [0.4, 0.5) is 4.79 Å². The molecule has 0 radical (unpaired) electrons.